The van der Waals surface area contributed by atoms with E-state index in [9.17, 15) is 4.79 Å². The summed E-state index contributed by atoms with van der Waals surface area (Å²) in [6.07, 6.45) is 0.824. The Morgan fingerprint density at radius 2 is 2.14 bits per heavy atom. The molecule has 0 spiro atoms. The van der Waals surface area contributed by atoms with Crippen LogP contribution in [0.4, 0.5) is 5.69 Å². The van der Waals surface area contributed by atoms with Crippen molar-refractivity contribution < 1.29 is 4.79 Å². The first-order valence-corrected chi connectivity index (χ1v) is 7.27. The predicted molar refractivity (Wildman–Crippen MR) is 83.1 cm³/mol. The molecule has 21 heavy (non-hydrogen) atoms. The normalized spacial score (nSPS) is 16.7. The number of hydrogen-bond donors (Lipinski definition) is 2. The molecule has 1 amide bonds. The fourth-order valence-electron chi connectivity index (χ4n) is 2.74. The molecule has 4 nitrogen and oxygen atoms in total. The maximum Gasteiger partial charge on any atom is 0.228 e. The van der Waals surface area contributed by atoms with Crippen molar-refractivity contribution >= 4 is 11.6 Å². The number of aryl methyl sites for hydroxylation is 1. The Morgan fingerprint density at radius 3 is 3.00 bits per heavy atom. The number of carbonyl (C=O) groups excluding carboxylic acids is 1. The minimum Gasteiger partial charge on any atom is -0.385 e. The number of para-hydroxylation sites is 1. The predicted octanol–water partition coefficient (Wildman–Crippen LogP) is 2.61. The molecule has 1 aromatic heterocycles. The molecule has 1 aromatic carbocycles. The highest BCUT2D eigenvalue weighted by molar-refractivity contribution is 5.86. The minimum absolute atomic E-state index is 0.0762. The van der Waals surface area contributed by atoms with Gasteiger partial charge in [0.25, 0.3) is 0 Å². The summed E-state index contributed by atoms with van der Waals surface area (Å²) in [5.74, 6) is -0.000449. The largest absolute Gasteiger partial charge is 0.385 e. The SMILES string of the molecule is Cc1cccc(CNC(=O)C2CCNc3ccccc32)n1. The summed E-state index contributed by atoms with van der Waals surface area (Å²) < 4.78 is 0. The quantitative estimate of drug-likeness (QED) is 0.909. The van der Waals surface area contributed by atoms with E-state index in [2.05, 4.69) is 15.6 Å². The van der Waals surface area contributed by atoms with Crippen LogP contribution in [0.15, 0.2) is 42.5 Å². The first-order chi connectivity index (χ1) is 10.2. The minimum atomic E-state index is -0.0766. The van der Waals surface area contributed by atoms with Crippen LogP contribution in [0.2, 0.25) is 0 Å². The maximum absolute atomic E-state index is 12.5. The van der Waals surface area contributed by atoms with E-state index in [0.717, 1.165) is 35.6 Å². The molecule has 108 valence electrons. The summed E-state index contributed by atoms with van der Waals surface area (Å²) in [6, 6.07) is 13.9. The van der Waals surface area contributed by atoms with Gasteiger partial charge in [-0.05, 0) is 37.1 Å². The number of aromatic nitrogens is 1. The number of pyridine rings is 1. The van der Waals surface area contributed by atoms with Crippen molar-refractivity contribution in [3.63, 3.8) is 0 Å². The first kappa shape index (κ1) is 13.6. The van der Waals surface area contributed by atoms with Crippen molar-refractivity contribution in [2.24, 2.45) is 0 Å². The highest BCUT2D eigenvalue weighted by Gasteiger charge is 2.25. The molecular weight excluding hydrogens is 262 g/mol. The van der Waals surface area contributed by atoms with Crippen LogP contribution in [0, 0.1) is 6.92 Å². The molecule has 4 heteroatoms. The van der Waals surface area contributed by atoms with Crippen molar-refractivity contribution in [1.82, 2.24) is 10.3 Å². The fourth-order valence-corrected chi connectivity index (χ4v) is 2.74. The van der Waals surface area contributed by atoms with Crippen molar-refractivity contribution in [2.45, 2.75) is 25.8 Å². The Hall–Kier alpha value is -2.36. The van der Waals surface area contributed by atoms with Gasteiger partial charge in [0, 0.05) is 17.9 Å². The van der Waals surface area contributed by atoms with Gasteiger partial charge in [-0.1, -0.05) is 24.3 Å². The Morgan fingerprint density at radius 1 is 1.29 bits per heavy atom. The molecule has 3 rings (SSSR count). The van der Waals surface area contributed by atoms with Crippen LogP contribution in [0.3, 0.4) is 0 Å². The van der Waals surface area contributed by atoms with E-state index in [-0.39, 0.29) is 11.8 Å². The number of rotatable bonds is 3. The van der Waals surface area contributed by atoms with Gasteiger partial charge in [-0.25, -0.2) is 0 Å². The van der Waals surface area contributed by atoms with Crippen LogP contribution in [0.5, 0.6) is 0 Å². The number of amides is 1. The van der Waals surface area contributed by atoms with E-state index < -0.39 is 0 Å². The molecule has 0 saturated heterocycles. The molecule has 1 aliphatic heterocycles. The van der Waals surface area contributed by atoms with E-state index in [0.29, 0.717) is 6.54 Å². The van der Waals surface area contributed by atoms with E-state index in [4.69, 9.17) is 0 Å². The van der Waals surface area contributed by atoms with Gasteiger partial charge < -0.3 is 10.6 Å². The van der Waals surface area contributed by atoms with Gasteiger partial charge >= 0.3 is 0 Å². The standard InChI is InChI=1S/C17H19N3O/c1-12-5-4-6-13(20-12)11-19-17(21)15-9-10-18-16-8-3-2-7-14(15)16/h2-8,15,18H,9-11H2,1H3,(H,19,21). The highest BCUT2D eigenvalue weighted by atomic mass is 16.1. The summed E-state index contributed by atoms with van der Waals surface area (Å²) in [5, 5.41) is 6.34. The lowest BCUT2D eigenvalue weighted by Gasteiger charge is -2.25. The third-order valence-electron chi connectivity index (χ3n) is 3.79. The van der Waals surface area contributed by atoms with Crippen LogP contribution in [-0.2, 0) is 11.3 Å². The van der Waals surface area contributed by atoms with Crippen molar-refractivity contribution in [3.8, 4) is 0 Å². The number of anilines is 1. The molecule has 0 radical (unpaired) electrons. The highest BCUT2D eigenvalue weighted by Crippen LogP contribution is 2.31. The second kappa shape index (κ2) is 5.95. The molecular formula is C17H19N3O. The van der Waals surface area contributed by atoms with Crippen LogP contribution in [-0.4, -0.2) is 17.4 Å². The summed E-state index contributed by atoms with van der Waals surface area (Å²) >= 11 is 0. The fraction of sp³-hybridized carbons (Fsp3) is 0.294. The van der Waals surface area contributed by atoms with Gasteiger partial charge in [-0.2, -0.15) is 0 Å². The lowest BCUT2D eigenvalue weighted by atomic mass is 9.90. The van der Waals surface area contributed by atoms with Crippen LogP contribution < -0.4 is 10.6 Å². The first-order valence-electron chi connectivity index (χ1n) is 7.27. The average molecular weight is 281 g/mol. The van der Waals surface area contributed by atoms with Crippen LogP contribution in [0.25, 0.3) is 0 Å². The molecule has 0 saturated carbocycles. The molecule has 1 atom stereocenters. The third kappa shape index (κ3) is 3.05. The van der Waals surface area contributed by atoms with E-state index in [1.165, 1.54) is 0 Å². The molecule has 0 bridgehead atoms. The van der Waals surface area contributed by atoms with Gasteiger partial charge in [-0.3, -0.25) is 9.78 Å². The second-order valence-corrected chi connectivity index (χ2v) is 5.34. The Kier molecular flexibility index (Phi) is 3.86. The average Bonchev–Trinajstić information content (AvgIpc) is 2.52. The lowest BCUT2D eigenvalue weighted by molar-refractivity contribution is -0.122. The molecule has 1 unspecified atom stereocenters. The zero-order chi connectivity index (χ0) is 14.7. The smallest absolute Gasteiger partial charge is 0.228 e. The van der Waals surface area contributed by atoms with Gasteiger partial charge in [0.15, 0.2) is 0 Å². The molecule has 2 N–H and O–H groups in total. The van der Waals surface area contributed by atoms with E-state index in [1.54, 1.807) is 0 Å². The summed E-state index contributed by atoms with van der Waals surface area (Å²) in [4.78, 5) is 16.9. The molecule has 1 aliphatic rings. The summed E-state index contributed by atoms with van der Waals surface area (Å²) in [5.41, 5.74) is 4.01. The zero-order valence-electron chi connectivity index (χ0n) is 12.1. The van der Waals surface area contributed by atoms with E-state index >= 15 is 0 Å². The topological polar surface area (TPSA) is 54.0 Å². The number of nitrogens with zero attached hydrogens (tertiary/aromatic N) is 1. The van der Waals surface area contributed by atoms with Crippen molar-refractivity contribution in [3.05, 3.63) is 59.4 Å². The summed E-state index contributed by atoms with van der Waals surface area (Å²) in [7, 11) is 0. The van der Waals surface area contributed by atoms with Crippen LogP contribution >= 0.6 is 0 Å². The Bertz CT molecular complexity index is 654. The summed E-state index contributed by atoms with van der Waals surface area (Å²) in [6.45, 7) is 3.26. The monoisotopic (exact) mass is 281 g/mol. The molecule has 0 aliphatic carbocycles. The van der Waals surface area contributed by atoms with Crippen molar-refractivity contribution in [1.29, 1.82) is 0 Å². The van der Waals surface area contributed by atoms with Gasteiger partial charge in [0.05, 0.1) is 18.2 Å². The molecule has 2 heterocycles. The molecule has 0 fully saturated rings. The number of benzene rings is 1. The number of fused-ring (bicyclic) bond motifs is 1. The number of hydrogen-bond acceptors (Lipinski definition) is 3. The maximum atomic E-state index is 12.5. The van der Waals surface area contributed by atoms with E-state index in [1.807, 2.05) is 49.4 Å². The lowest BCUT2D eigenvalue weighted by Crippen LogP contribution is -2.32. The van der Waals surface area contributed by atoms with Crippen molar-refractivity contribution in [2.75, 3.05) is 11.9 Å². The number of carbonyl (C=O) groups is 1. The van der Waals surface area contributed by atoms with Gasteiger partial charge in [0.2, 0.25) is 5.91 Å². The molecule has 2 aromatic rings. The number of nitrogens with one attached hydrogen (secondary N) is 2. The van der Waals surface area contributed by atoms with Crippen LogP contribution in [0.1, 0.15) is 29.3 Å². The Balaban J connectivity index is 1.69. The zero-order valence-corrected chi connectivity index (χ0v) is 12.1. The van der Waals surface area contributed by atoms with Gasteiger partial charge in [0.1, 0.15) is 0 Å². The Labute approximate surface area is 124 Å². The van der Waals surface area contributed by atoms with Gasteiger partial charge in [-0.15, -0.1) is 0 Å². The second-order valence-electron chi connectivity index (χ2n) is 5.34. The third-order valence-corrected chi connectivity index (χ3v) is 3.79.